The van der Waals surface area contributed by atoms with Gasteiger partial charge >= 0.3 is 0 Å². The van der Waals surface area contributed by atoms with Crippen LogP contribution in [0.5, 0.6) is 0 Å². The number of aromatic amines is 1. The van der Waals surface area contributed by atoms with E-state index in [2.05, 4.69) is 31.2 Å². The molecule has 70 valence electrons. The summed E-state index contributed by atoms with van der Waals surface area (Å²) in [6.45, 7) is 0. The van der Waals surface area contributed by atoms with Gasteiger partial charge in [0, 0.05) is 12.1 Å². The van der Waals surface area contributed by atoms with Crippen LogP contribution in [-0.2, 0) is 0 Å². The number of anilines is 1. The van der Waals surface area contributed by atoms with Gasteiger partial charge in [-0.3, -0.25) is 4.79 Å². The first-order valence-electron chi connectivity index (χ1n) is 3.94. The van der Waals surface area contributed by atoms with E-state index in [-0.39, 0.29) is 17.6 Å². The standard InChI is InChI=1S/C7H9BrN4O/c8-5-6(10-2-11-7(5)13)12-4-1-3(4)9/h2-4H,1,9H2,(H2,10,11,12,13). The first-order valence-corrected chi connectivity index (χ1v) is 4.73. The van der Waals surface area contributed by atoms with Gasteiger partial charge in [-0.15, -0.1) is 0 Å². The summed E-state index contributed by atoms with van der Waals surface area (Å²) in [4.78, 5) is 17.6. The van der Waals surface area contributed by atoms with Gasteiger partial charge in [0.25, 0.3) is 5.56 Å². The molecule has 1 saturated carbocycles. The van der Waals surface area contributed by atoms with Crippen LogP contribution in [0.15, 0.2) is 15.6 Å². The molecule has 1 heterocycles. The fraction of sp³-hybridized carbons (Fsp3) is 0.429. The predicted molar refractivity (Wildman–Crippen MR) is 52.6 cm³/mol. The Labute approximate surface area is 82.9 Å². The molecule has 2 atom stereocenters. The number of hydrogen-bond donors (Lipinski definition) is 3. The molecule has 0 saturated heterocycles. The van der Waals surface area contributed by atoms with E-state index < -0.39 is 0 Å². The van der Waals surface area contributed by atoms with E-state index in [9.17, 15) is 4.79 Å². The minimum atomic E-state index is -0.188. The van der Waals surface area contributed by atoms with Crippen molar-refractivity contribution < 1.29 is 0 Å². The van der Waals surface area contributed by atoms with Crippen molar-refractivity contribution in [3.63, 3.8) is 0 Å². The van der Waals surface area contributed by atoms with Gasteiger partial charge in [0.15, 0.2) is 0 Å². The lowest BCUT2D eigenvalue weighted by atomic mass is 10.5. The molecule has 1 aliphatic carbocycles. The molecule has 0 bridgehead atoms. The summed E-state index contributed by atoms with van der Waals surface area (Å²) in [7, 11) is 0. The van der Waals surface area contributed by atoms with E-state index in [4.69, 9.17) is 5.73 Å². The molecule has 1 aromatic heterocycles. The molecule has 0 aromatic carbocycles. The zero-order valence-electron chi connectivity index (χ0n) is 6.75. The van der Waals surface area contributed by atoms with Crippen molar-refractivity contribution in [1.29, 1.82) is 0 Å². The van der Waals surface area contributed by atoms with Crippen LogP contribution in [0.1, 0.15) is 6.42 Å². The van der Waals surface area contributed by atoms with Crippen LogP contribution < -0.4 is 16.6 Å². The Kier molecular flexibility index (Phi) is 2.09. The van der Waals surface area contributed by atoms with Gasteiger partial charge in [0.2, 0.25) is 0 Å². The Balaban J connectivity index is 2.20. The summed E-state index contributed by atoms with van der Waals surface area (Å²) in [6.07, 6.45) is 2.30. The SMILES string of the molecule is NC1CC1Nc1nc[nH]c(=O)c1Br. The molecule has 2 rings (SSSR count). The third kappa shape index (κ3) is 1.73. The third-order valence-electron chi connectivity index (χ3n) is 1.96. The molecule has 0 amide bonds. The fourth-order valence-corrected chi connectivity index (χ4v) is 1.37. The van der Waals surface area contributed by atoms with Crippen LogP contribution in [0.25, 0.3) is 0 Å². The Bertz CT molecular complexity index is 377. The van der Waals surface area contributed by atoms with Crippen molar-refractivity contribution in [1.82, 2.24) is 9.97 Å². The molecule has 1 fully saturated rings. The Morgan fingerprint density at radius 2 is 2.46 bits per heavy atom. The molecule has 0 radical (unpaired) electrons. The summed E-state index contributed by atoms with van der Waals surface area (Å²) in [5.74, 6) is 0.557. The van der Waals surface area contributed by atoms with E-state index in [1.165, 1.54) is 6.33 Å². The zero-order chi connectivity index (χ0) is 9.42. The van der Waals surface area contributed by atoms with Crippen LogP contribution in [0.3, 0.4) is 0 Å². The second-order valence-electron chi connectivity index (χ2n) is 3.04. The van der Waals surface area contributed by atoms with Crippen molar-refractivity contribution in [2.24, 2.45) is 5.73 Å². The number of halogens is 1. The molecule has 1 aromatic rings. The Hall–Kier alpha value is -0.880. The van der Waals surface area contributed by atoms with Crippen LogP contribution in [0, 0.1) is 0 Å². The molecule has 13 heavy (non-hydrogen) atoms. The van der Waals surface area contributed by atoms with Gasteiger partial charge in [-0.1, -0.05) is 0 Å². The van der Waals surface area contributed by atoms with Gasteiger partial charge < -0.3 is 16.0 Å². The van der Waals surface area contributed by atoms with Crippen LogP contribution in [0.4, 0.5) is 5.82 Å². The molecule has 2 unspecified atom stereocenters. The fourth-order valence-electron chi connectivity index (χ4n) is 1.04. The van der Waals surface area contributed by atoms with E-state index in [1.807, 2.05) is 0 Å². The van der Waals surface area contributed by atoms with Crippen molar-refractivity contribution in [3.8, 4) is 0 Å². The number of nitrogens with two attached hydrogens (primary N) is 1. The Morgan fingerprint density at radius 3 is 3.08 bits per heavy atom. The van der Waals surface area contributed by atoms with Gasteiger partial charge in [-0.2, -0.15) is 0 Å². The topological polar surface area (TPSA) is 83.8 Å². The summed E-state index contributed by atoms with van der Waals surface area (Å²) < 4.78 is 0.425. The van der Waals surface area contributed by atoms with Crippen molar-refractivity contribution in [2.45, 2.75) is 18.5 Å². The lowest BCUT2D eigenvalue weighted by Crippen LogP contribution is -2.17. The van der Waals surface area contributed by atoms with Crippen LogP contribution in [-0.4, -0.2) is 22.1 Å². The number of nitrogens with one attached hydrogen (secondary N) is 2. The maximum absolute atomic E-state index is 11.1. The summed E-state index contributed by atoms with van der Waals surface area (Å²) in [6, 6.07) is 0.443. The minimum absolute atomic E-state index is 0.188. The number of rotatable bonds is 2. The molecule has 4 N–H and O–H groups in total. The highest BCUT2D eigenvalue weighted by Crippen LogP contribution is 2.24. The smallest absolute Gasteiger partial charge is 0.267 e. The summed E-state index contributed by atoms with van der Waals surface area (Å²) >= 11 is 3.15. The maximum atomic E-state index is 11.1. The molecule has 0 spiro atoms. The second-order valence-corrected chi connectivity index (χ2v) is 3.84. The average molecular weight is 245 g/mol. The van der Waals surface area contributed by atoms with E-state index in [1.54, 1.807) is 0 Å². The number of aromatic nitrogens is 2. The van der Waals surface area contributed by atoms with E-state index >= 15 is 0 Å². The van der Waals surface area contributed by atoms with Crippen molar-refractivity contribution in [3.05, 3.63) is 21.2 Å². The molecule has 6 heteroatoms. The van der Waals surface area contributed by atoms with E-state index in [0.29, 0.717) is 10.3 Å². The molecule has 1 aliphatic rings. The van der Waals surface area contributed by atoms with Gasteiger partial charge in [-0.05, 0) is 22.4 Å². The van der Waals surface area contributed by atoms with Gasteiger partial charge in [0.1, 0.15) is 10.3 Å². The minimum Gasteiger partial charge on any atom is -0.365 e. The maximum Gasteiger partial charge on any atom is 0.267 e. The predicted octanol–water partition coefficient (Wildman–Crippen LogP) is 0.0439. The average Bonchev–Trinajstić information content (AvgIpc) is 2.77. The zero-order valence-corrected chi connectivity index (χ0v) is 8.34. The quantitative estimate of drug-likeness (QED) is 0.687. The number of hydrogen-bond acceptors (Lipinski definition) is 4. The van der Waals surface area contributed by atoms with Crippen LogP contribution >= 0.6 is 15.9 Å². The van der Waals surface area contributed by atoms with E-state index in [0.717, 1.165) is 6.42 Å². The highest BCUT2D eigenvalue weighted by molar-refractivity contribution is 9.10. The monoisotopic (exact) mass is 244 g/mol. The normalized spacial score (nSPS) is 25.7. The highest BCUT2D eigenvalue weighted by atomic mass is 79.9. The lowest BCUT2D eigenvalue weighted by molar-refractivity contribution is 0.982. The first kappa shape index (κ1) is 8.71. The summed E-state index contributed by atoms with van der Waals surface area (Å²) in [5.41, 5.74) is 5.42. The largest absolute Gasteiger partial charge is 0.365 e. The molecule has 0 aliphatic heterocycles. The van der Waals surface area contributed by atoms with Crippen LogP contribution in [0.2, 0.25) is 0 Å². The molecule has 5 nitrogen and oxygen atoms in total. The second kappa shape index (κ2) is 3.12. The van der Waals surface area contributed by atoms with Crippen molar-refractivity contribution >= 4 is 21.7 Å². The van der Waals surface area contributed by atoms with Gasteiger partial charge in [-0.25, -0.2) is 4.98 Å². The highest BCUT2D eigenvalue weighted by Gasteiger charge is 2.34. The summed E-state index contributed by atoms with van der Waals surface area (Å²) in [5, 5.41) is 3.07. The van der Waals surface area contributed by atoms with Gasteiger partial charge in [0.05, 0.1) is 6.33 Å². The molecular weight excluding hydrogens is 236 g/mol. The number of H-pyrrole nitrogens is 1. The first-order chi connectivity index (χ1) is 6.18. The number of nitrogens with zero attached hydrogens (tertiary/aromatic N) is 1. The lowest BCUT2D eigenvalue weighted by Gasteiger charge is -2.03. The van der Waals surface area contributed by atoms with Crippen molar-refractivity contribution in [2.75, 3.05) is 5.32 Å². The molecular formula is C7H9BrN4O. The third-order valence-corrected chi connectivity index (χ3v) is 2.69. The Morgan fingerprint density at radius 1 is 1.77 bits per heavy atom.